The molecule has 1 aliphatic heterocycles. The van der Waals surface area contributed by atoms with Gasteiger partial charge in [-0.2, -0.15) is 0 Å². The lowest BCUT2D eigenvalue weighted by Gasteiger charge is -2.23. The van der Waals surface area contributed by atoms with E-state index in [1.165, 1.54) is 0 Å². The summed E-state index contributed by atoms with van der Waals surface area (Å²) in [6.45, 7) is 2.07. The first kappa shape index (κ1) is 17.4. The predicted octanol–water partition coefficient (Wildman–Crippen LogP) is 1.22. The van der Waals surface area contributed by atoms with Crippen LogP contribution in [0.4, 0.5) is 5.69 Å². The summed E-state index contributed by atoms with van der Waals surface area (Å²) in [5.74, 6) is 0.733. The quantitative estimate of drug-likeness (QED) is 0.876. The molecule has 8 heteroatoms. The van der Waals surface area contributed by atoms with E-state index in [9.17, 15) is 4.79 Å². The van der Waals surface area contributed by atoms with E-state index in [0.717, 1.165) is 23.6 Å². The van der Waals surface area contributed by atoms with Crippen LogP contribution in [0.25, 0.3) is 11.4 Å². The second-order valence-corrected chi connectivity index (χ2v) is 5.32. The second kappa shape index (κ2) is 8.05. The molecule has 1 atom stereocenters. The Morgan fingerprint density at radius 1 is 1.52 bits per heavy atom. The first-order chi connectivity index (χ1) is 10.7. The van der Waals surface area contributed by atoms with Crippen LogP contribution in [-0.2, 0) is 16.6 Å². The van der Waals surface area contributed by atoms with Gasteiger partial charge in [0, 0.05) is 37.3 Å². The van der Waals surface area contributed by atoms with E-state index in [0.29, 0.717) is 19.6 Å². The second-order valence-electron chi connectivity index (χ2n) is 5.32. The lowest BCUT2D eigenvalue weighted by atomic mass is 10.1. The summed E-state index contributed by atoms with van der Waals surface area (Å²) < 4.78 is 7.19. The molecular formula is C15H20ClN5O2. The fraction of sp³-hybridized carbons (Fsp3) is 0.400. The van der Waals surface area contributed by atoms with Crippen molar-refractivity contribution in [3.8, 4) is 11.4 Å². The van der Waals surface area contributed by atoms with Gasteiger partial charge in [0.05, 0.1) is 13.2 Å². The Labute approximate surface area is 140 Å². The third-order valence-corrected chi connectivity index (χ3v) is 3.55. The standard InChI is InChI=1S/C15H19N5O2.ClH/c1-20-10-17-19-15(20)11-3-2-4-12(7-11)18-14(21)8-13-9-22-6-5-16-13;/h2-4,7,10,13,16H,5-6,8-9H2,1H3,(H,18,21);1H. The highest BCUT2D eigenvalue weighted by Crippen LogP contribution is 2.20. The Morgan fingerprint density at radius 2 is 2.39 bits per heavy atom. The maximum Gasteiger partial charge on any atom is 0.226 e. The first-order valence-corrected chi connectivity index (χ1v) is 7.28. The van der Waals surface area contributed by atoms with E-state index in [4.69, 9.17) is 4.74 Å². The molecule has 124 valence electrons. The number of amides is 1. The molecular weight excluding hydrogens is 318 g/mol. The number of benzene rings is 1. The highest BCUT2D eigenvalue weighted by atomic mass is 35.5. The van der Waals surface area contributed by atoms with Gasteiger partial charge in [0.2, 0.25) is 5.91 Å². The molecule has 1 unspecified atom stereocenters. The lowest BCUT2D eigenvalue weighted by Crippen LogP contribution is -2.43. The number of aryl methyl sites for hydroxylation is 1. The van der Waals surface area contributed by atoms with Gasteiger partial charge in [-0.05, 0) is 12.1 Å². The molecule has 1 amide bonds. The number of carbonyl (C=O) groups excluding carboxylic acids is 1. The fourth-order valence-electron chi connectivity index (χ4n) is 2.47. The molecule has 3 rings (SSSR count). The predicted molar refractivity (Wildman–Crippen MR) is 89.5 cm³/mol. The van der Waals surface area contributed by atoms with Crippen LogP contribution in [-0.4, -0.2) is 46.5 Å². The number of hydrogen-bond acceptors (Lipinski definition) is 5. The van der Waals surface area contributed by atoms with Gasteiger partial charge in [0.1, 0.15) is 6.33 Å². The van der Waals surface area contributed by atoms with E-state index < -0.39 is 0 Å². The number of anilines is 1. The van der Waals surface area contributed by atoms with Gasteiger partial charge in [0.15, 0.2) is 5.82 Å². The molecule has 1 aromatic carbocycles. The van der Waals surface area contributed by atoms with E-state index in [1.54, 1.807) is 6.33 Å². The average molecular weight is 338 g/mol. The third-order valence-electron chi connectivity index (χ3n) is 3.55. The summed E-state index contributed by atoms with van der Waals surface area (Å²) in [7, 11) is 1.88. The van der Waals surface area contributed by atoms with Crippen molar-refractivity contribution >= 4 is 24.0 Å². The van der Waals surface area contributed by atoms with Gasteiger partial charge in [-0.3, -0.25) is 4.79 Å². The molecule has 0 saturated carbocycles. The third kappa shape index (κ3) is 4.51. The molecule has 0 spiro atoms. The minimum Gasteiger partial charge on any atom is -0.378 e. The first-order valence-electron chi connectivity index (χ1n) is 7.28. The maximum atomic E-state index is 12.1. The number of morpholine rings is 1. The molecule has 1 saturated heterocycles. The minimum absolute atomic E-state index is 0. The van der Waals surface area contributed by atoms with Crippen molar-refractivity contribution in [1.82, 2.24) is 20.1 Å². The monoisotopic (exact) mass is 337 g/mol. The van der Waals surface area contributed by atoms with Gasteiger partial charge >= 0.3 is 0 Å². The van der Waals surface area contributed by atoms with Crippen LogP contribution in [0.2, 0.25) is 0 Å². The molecule has 2 aromatic rings. The van der Waals surface area contributed by atoms with Crippen molar-refractivity contribution in [3.63, 3.8) is 0 Å². The number of carbonyl (C=O) groups is 1. The Hall–Kier alpha value is -1.96. The lowest BCUT2D eigenvalue weighted by molar-refractivity contribution is -0.117. The van der Waals surface area contributed by atoms with E-state index in [1.807, 2.05) is 35.9 Å². The van der Waals surface area contributed by atoms with Gasteiger partial charge < -0.3 is 19.9 Å². The van der Waals surface area contributed by atoms with Crippen LogP contribution in [0, 0.1) is 0 Å². The van der Waals surface area contributed by atoms with Crippen LogP contribution in [0.1, 0.15) is 6.42 Å². The van der Waals surface area contributed by atoms with Crippen molar-refractivity contribution in [3.05, 3.63) is 30.6 Å². The number of aromatic nitrogens is 3. The average Bonchev–Trinajstić information content (AvgIpc) is 2.94. The highest BCUT2D eigenvalue weighted by molar-refractivity contribution is 5.91. The van der Waals surface area contributed by atoms with E-state index >= 15 is 0 Å². The van der Waals surface area contributed by atoms with Crippen LogP contribution in [0.3, 0.4) is 0 Å². The highest BCUT2D eigenvalue weighted by Gasteiger charge is 2.17. The van der Waals surface area contributed by atoms with Crippen molar-refractivity contribution < 1.29 is 9.53 Å². The number of nitrogens with zero attached hydrogens (tertiary/aromatic N) is 3. The van der Waals surface area contributed by atoms with Crippen molar-refractivity contribution in [2.45, 2.75) is 12.5 Å². The van der Waals surface area contributed by atoms with E-state index in [-0.39, 0.29) is 24.4 Å². The van der Waals surface area contributed by atoms with Crippen molar-refractivity contribution in [1.29, 1.82) is 0 Å². The Morgan fingerprint density at radius 3 is 3.09 bits per heavy atom. The molecule has 2 heterocycles. The number of nitrogens with one attached hydrogen (secondary N) is 2. The molecule has 2 N–H and O–H groups in total. The summed E-state index contributed by atoms with van der Waals surface area (Å²) in [6, 6.07) is 7.67. The Kier molecular flexibility index (Phi) is 6.09. The van der Waals surface area contributed by atoms with Gasteiger partial charge in [-0.25, -0.2) is 0 Å². The zero-order chi connectivity index (χ0) is 15.4. The number of ether oxygens (including phenoxy) is 1. The SMILES string of the molecule is Cl.Cn1cnnc1-c1cccc(NC(=O)CC2COCCN2)c1. The van der Waals surface area contributed by atoms with E-state index in [2.05, 4.69) is 20.8 Å². The molecule has 0 aliphatic carbocycles. The van der Waals surface area contributed by atoms with Gasteiger partial charge in [0.25, 0.3) is 0 Å². The van der Waals surface area contributed by atoms with Crippen molar-refractivity contribution in [2.24, 2.45) is 7.05 Å². The smallest absolute Gasteiger partial charge is 0.226 e. The summed E-state index contributed by atoms with van der Waals surface area (Å²) in [5, 5.41) is 14.1. The number of hydrogen-bond donors (Lipinski definition) is 2. The summed E-state index contributed by atoms with van der Waals surface area (Å²) in [6.07, 6.45) is 2.05. The molecule has 7 nitrogen and oxygen atoms in total. The summed E-state index contributed by atoms with van der Waals surface area (Å²) in [5.41, 5.74) is 1.67. The number of rotatable bonds is 4. The maximum absolute atomic E-state index is 12.1. The van der Waals surface area contributed by atoms with Crippen LogP contribution in [0.5, 0.6) is 0 Å². The summed E-state index contributed by atoms with van der Waals surface area (Å²) in [4.78, 5) is 12.1. The van der Waals surface area contributed by atoms with Gasteiger partial charge in [-0.15, -0.1) is 22.6 Å². The largest absolute Gasteiger partial charge is 0.378 e. The normalized spacial score (nSPS) is 17.3. The molecule has 1 fully saturated rings. The summed E-state index contributed by atoms with van der Waals surface area (Å²) >= 11 is 0. The minimum atomic E-state index is -0.0295. The van der Waals surface area contributed by atoms with Crippen LogP contribution in [0.15, 0.2) is 30.6 Å². The molecule has 1 aliphatic rings. The van der Waals surface area contributed by atoms with Crippen LogP contribution < -0.4 is 10.6 Å². The van der Waals surface area contributed by atoms with Crippen LogP contribution >= 0.6 is 12.4 Å². The molecule has 0 bridgehead atoms. The Bertz CT molecular complexity index is 655. The molecule has 0 radical (unpaired) electrons. The Balaban J connectivity index is 0.00000192. The molecule has 1 aromatic heterocycles. The topological polar surface area (TPSA) is 81.1 Å². The zero-order valence-electron chi connectivity index (χ0n) is 12.9. The number of halogens is 1. The zero-order valence-corrected chi connectivity index (χ0v) is 13.7. The fourth-order valence-corrected chi connectivity index (χ4v) is 2.47. The van der Waals surface area contributed by atoms with Gasteiger partial charge in [-0.1, -0.05) is 12.1 Å². The van der Waals surface area contributed by atoms with Crippen molar-refractivity contribution in [2.75, 3.05) is 25.1 Å². The molecule has 23 heavy (non-hydrogen) atoms.